The van der Waals surface area contributed by atoms with Crippen LogP contribution in [0.4, 0.5) is 5.69 Å². The third kappa shape index (κ3) is 5.22. The van der Waals surface area contributed by atoms with Crippen LogP contribution in [-0.2, 0) is 16.0 Å². The topological polar surface area (TPSA) is 99.6 Å². The van der Waals surface area contributed by atoms with E-state index < -0.39 is 17.6 Å². The average molecular weight is 416 g/mol. The Labute approximate surface area is 175 Å². The van der Waals surface area contributed by atoms with Crippen molar-refractivity contribution in [1.29, 1.82) is 0 Å². The summed E-state index contributed by atoms with van der Waals surface area (Å²) in [6.45, 7) is 5.52. The van der Waals surface area contributed by atoms with E-state index in [-0.39, 0.29) is 0 Å². The standard InChI is InChI=1S/C22H26ClN3O3/c1-13-20(25)26-17-12-15(7-8-18(17)28-13)19(24)21(27)29-22(2,3)10-9-14-5-4-6-16(23)11-14/h4-8,11-12,19,26H,9-10,24-25H2,1-3H3. The van der Waals surface area contributed by atoms with Crippen molar-refractivity contribution in [3.05, 3.63) is 70.2 Å². The normalized spacial score (nSPS) is 14.5. The van der Waals surface area contributed by atoms with Gasteiger partial charge in [0, 0.05) is 5.02 Å². The lowest BCUT2D eigenvalue weighted by Crippen LogP contribution is -2.34. The number of aryl methyl sites for hydroxylation is 1. The Morgan fingerprint density at radius 3 is 2.76 bits per heavy atom. The number of rotatable bonds is 6. The number of hydrogen-bond acceptors (Lipinski definition) is 6. The number of anilines is 1. The minimum absolute atomic E-state index is 0.424. The highest BCUT2D eigenvalue weighted by molar-refractivity contribution is 6.30. The molecule has 0 radical (unpaired) electrons. The van der Waals surface area contributed by atoms with Crippen molar-refractivity contribution >= 4 is 23.3 Å². The molecule has 0 aromatic heterocycles. The Balaban J connectivity index is 1.63. The fraction of sp³-hybridized carbons (Fsp3) is 0.318. The molecule has 29 heavy (non-hydrogen) atoms. The van der Waals surface area contributed by atoms with Gasteiger partial charge in [0.05, 0.1) is 5.69 Å². The van der Waals surface area contributed by atoms with Gasteiger partial charge in [-0.15, -0.1) is 0 Å². The highest BCUT2D eigenvalue weighted by atomic mass is 35.5. The van der Waals surface area contributed by atoms with Gasteiger partial charge in [-0.3, -0.25) is 0 Å². The van der Waals surface area contributed by atoms with Gasteiger partial charge in [-0.05, 0) is 69.0 Å². The van der Waals surface area contributed by atoms with Crippen LogP contribution in [0.3, 0.4) is 0 Å². The Morgan fingerprint density at radius 1 is 1.28 bits per heavy atom. The zero-order valence-corrected chi connectivity index (χ0v) is 17.5. The first-order valence-corrected chi connectivity index (χ1v) is 9.80. The molecule has 1 aliphatic heterocycles. The van der Waals surface area contributed by atoms with E-state index in [1.165, 1.54) is 0 Å². The van der Waals surface area contributed by atoms with E-state index in [1.807, 2.05) is 38.1 Å². The van der Waals surface area contributed by atoms with Gasteiger partial charge in [0.2, 0.25) is 0 Å². The van der Waals surface area contributed by atoms with Crippen molar-refractivity contribution in [2.45, 2.75) is 45.3 Å². The summed E-state index contributed by atoms with van der Waals surface area (Å²) < 4.78 is 11.3. The Morgan fingerprint density at radius 2 is 2.03 bits per heavy atom. The van der Waals surface area contributed by atoms with Crippen molar-refractivity contribution in [1.82, 2.24) is 0 Å². The van der Waals surface area contributed by atoms with E-state index in [1.54, 1.807) is 25.1 Å². The second-order valence-electron chi connectivity index (χ2n) is 7.74. The molecule has 5 N–H and O–H groups in total. The summed E-state index contributed by atoms with van der Waals surface area (Å²) in [7, 11) is 0. The molecule has 2 aromatic carbocycles. The van der Waals surface area contributed by atoms with Crippen molar-refractivity contribution in [3.8, 4) is 5.75 Å². The number of benzene rings is 2. The maximum absolute atomic E-state index is 12.7. The second kappa shape index (κ2) is 8.35. The molecule has 1 aliphatic rings. The van der Waals surface area contributed by atoms with E-state index in [4.69, 9.17) is 32.5 Å². The number of esters is 1. The largest absolute Gasteiger partial charge is 0.458 e. The van der Waals surface area contributed by atoms with Gasteiger partial charge in [-0.1, -0.05) is 29.8 Å². The number of carbonyl (C=O) groups excluding carboxylic acids is 1. The van der Waals surface area contributed by atoms with Gasteiger partial charge in [0.25, 0.3) is 0 Å². The van der Waals surface area contributed by atoms with Crippen LogP contribution >= 0.6 is 11.6 Å². The van der Waals surface area contributed by atoms with Crippen molar-refractivity contribution in [3.63, 3.8) is 0 Å². The number of hydrogen-bond donors (Lipinski definition) is 3. The lowest BCUT2D eigenvalue weighted by atomic mass is 9.98. The molecule has 7 heteroatoms. The van der Waals surface area contributed by atoms with Gasteiger partial charge in [-0.2, -0.15) is 0 Å². The van der Waals surface area contributed by atoms with Gasteiger partial charge in [0.1, 0.15) is 23.2 Å². The summed E-state index contributed by atoms with van der Waals surface area (Å²) in [4.78, 5) is 12.7. The van der Waals surface area contributed by atoms with Gasteiger partial charge in [-0.25, -0.2) is 4.79 Å². The molecule has 2 aromatic rings. The van der Waals surface area contributed by atoms with Crippen LogP contribution in [-0.4, -0.2) is 11.6 Å². The van der Waals surface area contributed by atoms with Gasteiger partial charge >= 0.3 is 5.97 Å². The van der Waals surface area contributed by atoms with E-state index in [9.17, 15) is 4.79 Å². The molecule has 0 saturated carbocycles. The Bertz CT molecular complexity index is 956. The third-order valence-corrected chi connectivity index (χ3v) is 5.05. The highest BCUT2D eigenvalue weighted by Gasteiger charge is 2.28. The van der Waals surface area contributed by atoms with Crippen LogP contribution < -0.4 is 21.5 Å². The third-order valence-electron chi connectivity index (χ3n) is 4.81. The zero-order valence-electron chi connectivity index (χ0n) is 16.8. The molecular weight excluding hydrogens is 390 g/mol. The maximum atomic E-state index is 12.7. The summed E-state index contributed by atoms with van der Waals surface area (Å²) in [6, 6.07) is 12.0. The smallest absolute Gasteiger partial charge is 0.328 e. The monoisotopic (exact) mass is 415 g/mol. The molecule has 1 heterocycles. The van der Waals surface area contributed by atoms with Crippen LogP contribution in [0.2, 0.25) is 5.02 Å². The first kappa shape index (κ1) is 21.0. The van der Waals surface area contributed by atoms with E-state index in [0.29, 0.717) is 40.0 Å². The molecule has 0 aliphatic carbocycles. The second-order valence-corrected chi connectivity index (χ2v) is 8.18. The van der Waals surface area contributed by atoms with Gasteiger partial charge < -0.3 is 26.3 Å². The Hall–Kier alpha value is -2.70. The zero-order chi connectivity index (χ0) is 21.2. The fourth-order valence-corrected chi connectivity index (χ4v) is 3.25. The SMILES string of the molecule is CC1=C(N)Nc2cc(C(N)C(=O)OC(C)(C)CCc3cccc(Cl)c3)ccc2O1. The van der Waals surface area contributed by atoms with E-state index >= 15 is 0 Å². The highest BCUT2D eigenvalue weighted by Crippen LogP contribution is 2.34. The van der Waals surface area contributed by atoms with Crippen molar-refractivity contribution < 1.29 is 14.3 Å². The molecule has 6 nitrogen and oxygen atoms in total. The summed E-state index contributed by atoms with van der Waals surface area (Å²) in [6.07, 6.45) is 1.38. The molecule has 0 fully saturated rings. The average Bonchev–Trinajstić information content (AvgIpc) is 2.66. The first-order chi connectivity index (χ1) is 13.6. The molecule has 1 atom stereocenters. The summed E-state index contributed by atoms with van der Waals surface area (Å²) in [5, 5.41) is 3.74. The lowest BCUT2D eigenvalue weighted by Gasteiger charge is -2.27. The van der Waals surface area contributed by atoms with Crippen LogP contribution in [0.15, 0.2) is 54.0 Å². The summed E-state index contributed by atoms with van der Waals surface area (Å²) in [5.41, 5.74) is 13.7. The molecule has 0 saturated heterocycles. The predicted molar refractivity (Wildman–Crippen MR) is 114 cm³/mol. The number of nitrogens with two attached hydrogens (primary N) is 2. The van der Waals surface area contributed by atoms with Crippen molar-refractivity contribution in [2.24, 2.45) is 11.5 Å². The fourth-order valence-electron chi connectivity index (χ4n) is 3.04. The van der Waals surface area contributed by atoms with Crippen LogP contribution in [0.25, 0.3) is 0 Å². The van der Waals surface area contributed by atoms with Gasteiger partial charge in [0.15, 0.2) is 5.75 Å². The minimum atomic E-state index is -0.916. The predicted octanol–water partition coefficient (Wildman–Crippen LogP) is 4.25. The van der Waals surface area contributed by atoms with Crippen molar-refractivity contribution in [2.75, 3.05) is 5.32 Å². The molecular formula is C22H26ClN3O3. The van der Waals surface area contributed by atoms with Crippen LogP contribution in [0.5, 0.6) is 5.75 Å². The number of fused-ring (bicyclic) bond motifs is 1. The molecule has 0 spiro atoms. The van der Waals surface area contributed by atoms with Crippen LogP contribution in [0.1, 0.15) is 44.4 Å². The Kier molecular flexibility index (Phi) is 6.05. The number of ether oxygens (including phenoxy) is 2. The van der Waals surface area contributed by atoms with E-state index in [0.717, 1.165) is 12.0 Å². The number of halogens is 1. The maximum Gasteiger partial charge on any atom is 0.328 e. The van der Waals surface area contributed by atoms with Crippen LogP contribution in [0, 0.1) is 0 Å². The number of nitrogens with one attached hydrogen (secondary N) is 1. The molecule has 1 unspecified atom stereocenters. The minimum Gasteiger partial charge on any atom is -0.458 e. The quantitative estimate of drug-likeness (QED) is 0.610. The molecule has 154 valence electrons. The molecule has 3 rings (SSSR count). The van der Waals surface area contributed by atoms with E-state index in [2.05, 4.69) is 5.32 Å². The summed E-state index contributed by atoms with van der Waals surface area (Å²) in [5.74, 6) is 1.16. The number of carbonyl (C=O) groups is 1. The number of allylic oxidation sites excluding steroid dienone is 1. The lowest BCUT2D eigenvalue weighted by molar-refractivity contribution is -0.158. The molecule has 0 amide bonds. The summed E-state index contributed by atoms with van der Waals surface area (Å²) >= 11 is 6.03. The molecule has 0 bridgehead atoms. The first-order valence-electron chi connectivity index (χ1n) is 9.43.